The average molecular weight is 303 g/mol. The second-order valence-corrected chi connectivity index (χ2v) is 6.52. The van der Waals surface area contributed by atoms with E-state index in [0.717, 1.165) is 41.1 Å². The van der Waals surface area contributed by atoms with E-state index >= 15 is 0 Å². The zero-order valence-electron chi connectivity index (χ0n) is 12.8. The lowest BCUT2D eigenvalue weighted by atomic mass is 10.0. The monoisotopic (exact) mass is 303 g/mol. The molecule has 1 aliphatic heterocycles. The minimum atomic E-state index is 0.331. The number of nitrogens with zero attached hydrogens (tertiary/aromatic N) is 4. The third-order valence-electron chi connectivity index (χ3n) is 3.79. The molecule has 0 aromatic carbocycles. The normalized spacial score (nSPS) is 19.7. The molecule has 0 radical (unpaired) electrons. The summed E-state index contributed by atoms with van der Waals surface area (Å²) in [5.74, 6) is 1.76. The van der Waals surface area contributed by atoms with E-state index in [1.54, 1.807) is 11.3 Å². The fourth-order valence-corrected chi connectivity index (χ4v) is 3.42. The Morgan fingerprint density at radius 3 is 2.76 bits per heavy atom. The maximum Gasteiger partial charge on any atom is 0.188 e. The van der Waals surface area contributed by atoms with Gasteiger partial charge in [0.05, 0.1) is 11.7 Å². The predicted molar refractivity (Wildman–Crippen MR) is 86.1 cm³/mol. The Balaban J connectivity index is 1.85. The molecular formula is C15H21N5S. The Kier molecular flexibility index (Phi) is 4.17. The molecule has 1 aliphatic rings. The maximum atomic E-state index is 4.71. The number of anilines is 2. The van der Waals surface area contributed by atoms with Crippen molar-refractivity contribution in [3.05, 3.63) is 28.7 Å². The van der Waals surface area contributed by atoms with Crippen LogP contribution in [0.2, 0.25) is 0 Å². The number of hydrogen-bond acceptors (Lipinski definition) is 6. The van der Waals surface area contributed by atoms with Crippen molar-refractivity contribution in [2.45, 2.75) is 39.2 Å². The predicted octanol–water partition coefficient (Wildman–Crippen LogP) is 3.45. The van der Waals surface area contributed by atoms with E-state index < -0.39 is 0 Å². The number of nitrogens with one attached hydrogen (secondary N) is 1. The molecule has 3 rings (SSSR count). The van der Waals surface area contributed by atoms with Crippen LogP contribution in [0.25, 0.3) is 0 Å². The highest BCUT2D eigenvalue weighted by Crippen LogP contribution is 2.28. The first kappa shape index (κ1) is 14.4. The van der Waals surface area contributed by atoms with Gasteiger partial charge in [0.15, 0.2) is 5.13 Å². The molecule has 6 heteroatoms. The standard InChI is InChI=1S/C15H21N5S/c1-10-8-13(19-15-17-11(2)9-21-15)18-14(16-10)12-6-4-5-7-20(12)3/h8-9,12H,4-7H2,1-3H3,(H,16,17,18,19). The van der Waals surface area contributed by atoms with Gasteiger partial charge >= 0.3 is 0 Å². The van der Waals surface area contributed by atoms with Gasteiger partial charge in [-0.1, -0.05) is 6.42 Å². The SMILES string of the molecule is Cc1cc(Nc2nc(C)cs2)nc(C2CCCCN2C)n1. The van der Waals surface area contributed by atoms with Gasteiger partial charge in [-0.25, -0.2) is 15.0 Å². The average Bonchev–Trinajstić information content (AvgIpc) is 2.84. The van der Waals surface area contributed by atoms with Gasteiger partial charge < -0.3 is 5.32 Å². The van der Waals surface area contributed by atoms with E-state index in [1.807, 2.05) is 25.3 Å². The van der Waals surface area contributed by atoms with E-state index in [0.29, 0.717) is 6.04 Å². The summed E-state index contributed by atoms with van der Waals surface area (Å²) in [5, 5.41) is 6.21. The molecule has 1 unspecified atom stereocenters. The van der Waals surface area contributed by atoms with E-state index in [-0.39, 0.29) is 0 Å². The molecule has 112 valence electrons. The molecule has 1 atom stereocenters. The second-order valence-electron chi connectivity index (χ2n) is 5.66. The number of aromatic nitrogens is 3. The van der Waals surface area contributed by atoms with Gasteiger partial charge in [-0.2, -0.15) is 0 Å². The quantitative estimate of drug-likeness (QED) is 0.941. The molecule has 21 heavy (non-hydrogen) atoms. The van der Waals surface area contributed by atoms with E-state index in [2.05, 4.69) is 27.2 Å². The van der Waals surface area contributed by atoms with Crippen molar-refractivity contribution in [2.75, 3.05) is 18.9 Å². The highest BCUT2D eigenvalue weighted by atomic mass is 32.1. The van der Waals surface area contributed by atoms with Crippen LogP contribution in [0, 0.1) is 13.8 Å². The van der Waals surface area contributed by atoms with Crippen molar-refractivity contribution in [1.29, 1.82) is 0 Å². The van der Waals surface area contributed by atoms with Gasteiger partial charge in [-0.15, -0.1) is 11.3 Å². The first-order chi connectivity index (χ1) is 10.1. The molecule has 1 saturated heterocycles. The Bertz CT molecular complexity index is 624. The van der Waals surface area contributed by atoms with Crippen LogP contribution in [0.4, 0.5) is 10.9 Å². The van der Waals surface area contributed by atoms with Gasteiger partial charge in [0.25, 0.3) is 0 Å². The molecule has 2 aromatic rings. The van der Waals surface area contributed by atoms with E-state index in [9.17, 15) is 0 Å². The van der Waals surface area contributed by atoms with Crippen LogP contribution in [0.3, 0.4) is 0 Å². The number of aryl methyl sites for hydroxylation is 2. The van der Waals surface area contributed by atoms with Crippen molar-refractivity contribution in [2.24, 2.45) is 0 Å². The summed E-state index contributed by atoms with van der Waals surface area (Å²) < 4.78 is 0. The second kappa shape index (κ2) is 6.07. The van der Waals surface area contributed by atoms with Crippen LogP contribution in [-0.2, 0) is 0 Å². The van der Waals surface area contributed by atoms with Gasteiger partial charge in [0, 0.05) is 17.1 Å². The molecule has 5 nitrogen and oxygen atoms in total. The van der Waals surface area contributed by atoms with Crippen LogP contribution in [0.5, 0.6) is 0 Å². The van der Waals surface area contributed by atoms with Crippen molar-refractivity contribution in [3.63, 3.8) is 0 Å². The number of hydrogen-bond donors (Lipinski definition) is 1. The van der Waals surface area contributed by atoms with Crippen molar-refractivity contribution in [1.82, 2.24) is 19.9 Å². The summed E-state index contributed by atoms with van der Waals surface area (Å²) in [6.07, 6.45) is 3.65. The lowest BCUT2D eigenvalue weighted by molar-refractivity contribution is 0.179. The van der Waals surface area contributed by atoms with Crippen molar-refractivity contribution >= 4 is 22.3 Å². The first-order valence-corrected chi connectivity index (χ1v) is 8.25. The Morgan fingerprint density at radius 2 is 2.05 bits per heavy atom. The van der Waals surface area contributed by atoms with E-state index in [1.165, 1.54) is 12.8 Å². The van der Waals surface area contributed by atoms with Crippen LogP contribution in [-0.4, -0.2) is 33.4 Å². The molecule has 2 aromatic heterocycles. The van der Waals surface area contributed by atoms with Crippen LogP contribution < -0.4 is 5.32 Å². The summed E-state index contributed by atoms with van der Waals surface area (Å²) in [6, 6.07) is 2.31. The number of rotatable bonds is 3. The minimum Gasteiger partial charge on any atom is -0.316 e. The Morgan fingerprint density at radius 1 is 1.19 bits per heavy atom. The number of likely N-dealkylation sites (tertiary alicyclic amines) is 1. The Hall–Kier alpha value is -1.53. The summed E-state index contributed by atoms with van der Waals surface area (Å²) in [6.45, 7) is 5.14. The van der Waals surface area contributed by atoms with E-state index in [4.69, 9.17) is 4.98 Å². The molecular weight excluding hydrogens is 282 g/mol. The lowest BCUT2D eigenvalue weighted by Gasteiger charge is -2.31. The summed E-state index contributed by atoms with van der Waals surface area (Å²) in [7, 11) is 2.16. The summed E-state index contributed by atoms with van der Waals surface area (Å²) >= 11 is 1.60. The van der Waals surface area contributed by atoms with Crippen molar-refractivity contribution in [3.8, 4) is 0 Å². The van der Waals surface area contributed by atoms with Crippen LogP contribution in [0.1, 0.15) is 42.5 Å². The minimum absolute atomic E-state index is 0.331. The summed E-state index contributed by atoms with van der Waals surface area (Å²) in [4.78, 5) is 16.1. The molecule has 0 amide bonds. The van der Waals surface area contributed by atoms with Gasteiger partial charge in [-0.3, -0.25) is 4.90 Å². The van der Waals surface area contributed by atoms with Gasteiger partial charge in [0.2, 0.25) is 0 Å². The highest BCUT2D eigenvalue weighted by Gasteiger charge is 2.23. The zero-order valence-corrected chi connectivity index (χ0v) is 13.6. The van der Waals surface area contributed by atoms with Gasteiger partial charge in [0.1, 0.15) is 11.6 Å². The molecule has 0 aliphatic carbocycles. The van der Waals surface area contributed by atoms with Crippen LogP contribution in [0.15, 0.2) is 11.4 Å². The lowest BCUT2D eigenvalue weighted by Crippen LogP contribution is -2.31. The molecule has 1 fully saturated rings. The smallest absolute Gasteiger partial charge is 0.188 e. The molecule has 1 N–H and O–H groups in total. The topological polar surface area (TPSA) is 53.9 Å². The molecule has 0 saturated carbocycles. The highest BCUT2D eigenvalue weighted by molar-refractivity contribution is 7.13. The molecule has 3 heterocycles. The molecule has 0 bridgehead atoms. The third-order valence-corrected chi connectivity index (χ3v) is 4.67. The maximum absolute atomic E-state index is 4.71. The Labute approximate surface area is 129 Å². The fourth-order valence-electron chi connectivity index (χ4n) is 2.73. The summed E-state index contributed by atoms with van der Waals surface area (Å²) in [5.41, 5.74) is 2.02. The fraction of sp³-hybridized carbons (Fsp3) is 0.533. The third kappa shape index (κ3) is 3.39. The van der Waals surface area contributed by atoms with Crippen molar-refractivity contribution < 1.29 is 0 Å². The molecule has 0 spiro atoms. The number of thiazole rings is 1. The zero-order chi connectivity index (χ0) is 14.8. The van der Waals surface area contributed by atoms with Gasteiger partial charge in [-0.05, 0) is 40.3 Å². The number of piperidine rings is 1. The van der Waals surface area contributed by atoms with Crippen LogP contribution >= 0.6 is 11.3 Å². The first-order valence-electron chi connectivity index (χ1n) is 7.37. The largest absolute Gasteiger partial charge is 0.316 e.